The van der Waals surface area contributed by atoms with E-state index in [1.54, 1.807) is 0 Å². The van der Waals surface area contributed by atoms with Crippen LogP contribution in [0, 0.1) is 11.8 Å². The first kappa shape index (κ1) is 8.53. The van der Waals surface area contributed by atoms with Crippen molar-refractivity contribution in [2.24, 2.45) is 11.8 Å². The molecule has 3 heteroatoms. The third-order valence-electron chi connectivity index (χ3n) is 2.55. The van der Waals surface area contributed by atoms with Gasteiger partial charge in [-0.25, -0.2) is 0 Å². The second kappa shape index (κ2) is 3.22. The fourth-order valence-electron chi connectivity index (χ4n) is 1.78. The maximum absolute atomic E-state index is 10.3. The van der Waals surface area contributed by atoms with Crippen LogP contribution in [-0.2, 0) is 4.79 Å². The number of aliphatic carboxylic acids is 1. The largest absolute Gasteiger partial charge is 0.481 e. The van der Waals surface area contributed by atoms with Gasteiger partial charge < -0.3 is 10.2 Å². The molecule has 0 saturated heterocycles. The maximum atomic E-state index is 10.3. The Morgan fingerprint density at radius 1 is 1.55 bits per heavy atom. The van der Waals surface area contributed by atoms with Crippen LogP contribution in [0.3, 0.4) is 0 Å². The molecule has 64 valence electrons. The summed E-state index contributed by atoms with van der Waals surface area (Å²) in [6, 6.07) is 0. The molecule has 1 aliphatic carbocycles. The van der Waals surface area contributed by atoms with Crippen molar-refractivity contribution in [3.8, 4) is 0 Å². The molecule has 0 radical (unpaired) electrons. The Morgan fingerprint density at radius 2 is 2.18 bits per heavy atom. The molecular formula is C8H14O3. The molecule has 1 rings (SSSR count). The molecule has 11 heavy (non-hydrogen) atoms. The van der Waals surface area contributed by atoms with Crippen LogP contribution in [0.4, 0.5) is 0 Å². The van der Waals surface area contributed by atoms with E-state index in [9.17, 15) is 9.90 Å². The summed E-state index contributed by atoms with van der Waals surface area (Å²) in [4.78, 5) is 10.3. The van der Waals surface area contributed by atoms with Gasteiger partial charge in [0, 0.05) is 0 Å². The minimum absolute atomic E-state index is 0.0208. The average molecular weight is 158 g/mol. The summed E-state index contributed by atoms with van der Waals surface area (Å²) in [5, 5.41) is 17.8. The van der Waals surface area contributed by atoms with Gasteiger partial charge in [-0.2, -0.15) is 0 Å². The quantitative estimate of drug-likeness (QED) is 0.627. The number of carbonyl (C=O) groups is 1. The lowest BCUT2D eigenvalue weighted by Crippen LogP contribution is -2.20. The molecule has 0 aromatic heterocycles. The van der Waals surface area contributed by atoms with Crippen molar-refractivity contribution in [2.45, 2.75) is 32.3 Å². The van der Waals surface area contributed by atoms with Gasteiger partial charge in [-0.1, -0.05) is 6.92 Å². The molecule has 0 aromatic carbocycles. The number of rotatable bonds is 2. The van der Waals surface area contributed by atoms with E-state index in [1.807, 2.05) is 6.92 Å². The average Bonchev–Trinajstić information content (AvgIpc) is 2.18. The molecule has 1 aliphatic rings. The minimum Gasteiger partial charge on any atom is -0.481 e. The molecule has 3 nitrogen and oxygen atoms in total. The van der Waals surface area contributed by atoms with Crippen molar-refractivity contribution in [2.75, 3.05) is 0 Å². The van der Waals surface area contributed by atoms with Crippen molar-refractivity contribution >= 4 is 5.97 Å². The Bertz CT molecular complexity index is 145. The first-order valence-electron chi connectivity index (χ1n) is 4.01. The van der Waals surface area contributed by atoms with Crippen LogP contribution in [0.25, 0.3) is 0 Å². The van der Waals surface area contributed by atoms with E-state index >= 15 is 0 Å². The highest BCUT2D eigenvalue weighted by Crippen LogP contribution is 2.33. The van der Waals surface area contributed by atoms with Crippen molar-refractivity contribution in [1.29, 1.82) is 0 Å². The zero-order valence-corrected chi connectivity index (χ0v) is 6.66. The lowest BCUT2D eigenvalue weighted by Gasteiger charge is -2.15. The van der Waals surface area contributed by atoms with Crippen molar-refractivity contribution < 1.29 is 15.0 Å². The van der Waals surface area contributed by atoms with E-state index in [2.05, 4.69) is 0 Å². The molecule has 0 amide bonds. The third-order valence-corrected chi connectivity index (χ3v) is 2.55. The second-order valence-electron chi connectivity index (χ2n) is 3.38. The fraction of sp³-hybridized carbons (Fsp3) is 0.875. The predicted molar refractivity (Wildman–Crippen MR) is 40.1 cm³/mol. The summed E-state index contributed by atoms with van der Waals surface area (Å²) >= 11 is 0. The molecule has 0 spiro atoms. The first-order chi connectivity index (χ1) is 5.11. The van der Waals surface area contributed by atoms with Crippen LogP contribution in [0.2, 0.25) is 0 Å². The van der Waals surface area contributed by atoms with Crippen LogP contribution in [-0.4, -0.2) is 22.3 Å². The Morgan fingerprint density at radius 3 is 2.55 bits per heavy atom. The maximum Gasteiger partial charge on any atom is 0.303 e. The summed E-state index contributed by atoms with van der Waals surface area (Å²) in [5.74, 6) is -0.462. The van der Waals surface area contributed by atoms with Gasteiger partial charge in [0.1, 0.15) is 0 Å². The van der Waals surface area contributed by atoms with Crippen LogP contribution in [0.5, 0.6) is 0 Å². The second-order valence-corrected chi connectivity index (χ2v) is 3.38. The number of carboxylic acids is 1. The summed E-state index contributed by atoms with van der Waals surface area (Å²) in [7, 11) is 0. The minimum atomic E-state index is -0.803. The molecule has 1 fully saturated rings. The highest BCUT2D eigenvalue weighted by atomic mass is 16.4. The monoisotopic (exact) mass is 158 g/mol. The zero-order valence-electron chi connectivity index (χ0n) is 6.66. The molecule has 3 atom stereocenters. The summed E-state index contributed by atoms with van der Waals surface area (Å²) in [6.07, 6.45) is 1.45. The van der Waals surface area contributed by atoms with Gasteiger partial charge >= 0.3 is 5.97 Å². The van der Waals surface area contributed by atoms with Gasteiger partial charge in [-0.3, -0.25) is 4.79 Å². The van der Waals surface area contributed by atoms with Crippen molar-refractivity contribution in [3.63, 3.8) is 0 Å². The number of aliphatic hydroxyl groups excluding tert-OH is 1. The summed E-state index contributed by atoms with van der Waals surface area (Å²) < 4.78 is 0. The lowest BCUT2D eigenvalue weighted by molar-refractivity contribution is -0.139. The van der Waals surface area contributed by atoms with Gasteiger partial charge in [0.15, 0.2) is 0 Å². The molecule has 3 unspecified atom stereocenters. The Hall–Kier alpha value is -0.570. The number of aliphatic hydroxyl groups is 1. The number of carboxylic acid groups (broad SMARTS) is 1. The molecule has 0 bridgehead atoms. The molecule has 0 heterocycles. The third kappa shape index (κ3) is 1.93. The molecule has 2 N–H and O–H groups in total. The van der Waals surface area contributed by atoms with E-state index in [0.29, 0.717) is 5.92 Å². The normalized spacial score (nSPS) is 37.5. The SMILES string of the molecule is CC1CCC(O)C1CC(=O)O. The van der Waals surface area contributed by atoms with Crippen LogP contribution < -0.4 is 0 Å². The van der Waals surface area contributed by atoms with Crippen LogP contribution in [0.15, 0.2) is 0 Å². The molecule has 0 aromatic rings. The van der Waals surface area contributed by atoms with E-state index in [-0.39, 0.29) is 18.4 Å². The molecule has 1 saturated carbocycles. The van der Waals surface area contributed by atoms with Gasteiger partial charge in [-0.05, 0) is 24.7 Å². The summed E-state index contributed by atoms with van der Waals surface area (Å²) in [5.41, 5.74) is 0. The Labute approximate surface area is 66.0 Å². The van der Waals surface area contributed by atoms with Gasteiger partial charge in [-0.15, -0.1) is 0 Å². The lowest BCUT2D eigenvalue weighted by atomic mass is 9.93. The van der Waals surface area contributed by atoms with Crippen LogP contribution >= 0.6 is 0 Å². The van der Waals surface area contributed by atoms with E-state index in [1.165, 1.54) is 0 Å². The smallest absolute Gasteiger partial charge is 0.303 e. The van der Waals surface area contributed by atoms with Crippen molar-refractivity contribution in [3.05, 3.63) is 0 Å². The van der Waals surface area contributed by atoms with Gasteiger partial charge in [0.25, 0.3) is 0 Å². The molecule has 0 aliphatic heterocycles. The highest BCUT2D eigenvalue weighted by Gasteiger charge is 2.33. The van der Waals surface area contributed by atoms with Gasteiger partial charge in [0.2, 0.25) is 0 Å². The fourth-order valence-corrected chi connectivity index (χ4v) is 1.78. The van der Waals surface area contributed by atoms with E-state index < -0.39 is 5.97 Å². The first-order valence-corrected chi connectivity index (χ1v) is 4.01. The van der Waals surface area contributed by atoms with E-state index in [0.717, 1.165) is 12.8 Å². The Balaban J connectivity index is 2.47. The number of hydrogen-bond acceptors (Lipinski definition) is 2. The topological polar surface area (TPSA) is 57.5 Å². The predicted octanol–water partition coefficient (Wildman–Crippen LogP) is 0.868. The summed E-state index contributed by atoms with van der Waals surface area (Å²) in [6.45, 7) is 2.00. The van der Waals surface area contributed by atoms with Gasteiger partial charge in [0.05, 0.1) is 12.5 Å². The number of hydrogen-bond donors (Lipinski definition) is 2. The zero-order chi connectivity index (χ0) is 8.43. The Kier molecular flexibility index (Phi) is 2.49. The van der Waals surface area contributed by atoms with Crippen LogP contribution in [0.1, 0.15) is 26.2 Å². The highest BCUT2D eigenvalue weighted by molar-refractivity contribution is 5.67. The molecular weight excluding hydrogens is 144 g/mol. The standard InChI is InChI=1S/C8H14O3/c1-5-2-3-7(9)6(5)4-8(10)11/h5-7,9H,2-4H2,1H3,(H,10,11). The van der Waals surface area contributed by atoms with E-state index in [4.69, 9.17) is 5.11 Å². The van der Waals surface area contributed by atoms with Crippen molar-refractivity contribution in [1.82, 2.24) is 0 Å².